The van der Waals surface area contributed by atoms with Crippen LogP contribution in [-0.4, -0.2) is 33.0 Å². The van der Waals surface area contributed by atoms with Crippen LogP contribution in [0.15, 0.2) is 24.3 Å². The average Bonchev–Trinajstić information content (AvgIpc) is 3.03. The Bertz CT molecular complexity index is 844. The highest BCUT2D eigenvalue weighted by Gasteiger charge is 2.24. The molecule has 2 heterocycles. The van der Waals surface area contributed by atoms with Crippen LogP contribution in [-0.2, 0) is 24.4 Å². The molecule has 0 aliphatic carbocycles. The quantitative estimate of drug-likeness (QED) is 0.912. The van der Waals surface area contributed by atoms with E-state index in [4.69, 9.17) is 0 Å². The first-order valence-corrected chi connectivity index (χ1v) is 8.74. The van der Waals surface area contributed by atoms with Crippen LogP contribution >= 0.6 is 0 Å². The molecule has 6 nitrogen and oxygen atoms in total. The van der Waals surface area contributed by atoms with E-state index in [0.29, 0.717) is 25.2 Å². The SMILES string of the molecule is Cc1ccc(C(=O)NCc2cc3n(n2)CCN(C(=O)C(C)C)C3)cc1F. The van der Waals surface area contributed by atoms with Gasteiger partial charge in [-0.05, 0) is 30.7 Å². The van der Waals surface area contributed by atoms with Crippen LogP contribution < -0.4 is 5.32 Å². The number of benzene rings is 1. The van der Waals surface area contributed by atoms with Crippen LogP contribution in [0.2, 0.25) is 0 Å². The van der Waals surface area contributed by atoms with Crippen molar-refractivity contribution in [1.82, 2.24) is 20.0 Å². The summed E-state index contributed by atoms with van der Waals surface area (Å²) in [5.41, 5.74) is 2.46. The third-order valence-electron chi connectivity index (χ3n) is 4.52. The van der Waals surface area contributed by atoms with Gasteiger partial charge in [0.1, 0.15) is 5.82 Å². The molecule has 1 aromatic heterocycles. The van der Waals surface area contributed by atoms with Gasteiger partial charge in [0.2, 0.25) is 5.91 Å². The largest absolute Gasteiger partial charge is 0.346 e. The van der Waals surface area contributed by atoms with E-state index in [1.165, 1.54) is 6.07 Å². The fraction of sp³-hybridized carbons (Fsp3) is 0.421. The first-order chi connectivity index (χ1) is 12.3. The lowest BCUT2D eigenvalue weighted by Crippen LogP contribution is -2.40. The molecular weight excluding hydrogens is 335 g/mol. The van der Waals surface area contributed by atoms with Crippen LogP contribution in [0.25, 0.3) is 0 Å². The maximum atomic E-state index is 13.6. The predicted molar refractivity (Wildman–Crippen MR) is 94.8 cm³/mol. The number of aryl methyl sites for hydroxylation is 1. The zero-order chi connectivity index (χ0) is 18.8. The van der Waals surface area contributed by atoms with E-state index in [9.17, 15) is 14.0 Å². The molecule has 0 radical (unpaired) electrons. The smallest absolute Gasteiger partial charge is 0.251 e. The minimum atomic E-state index is -0.398. The van der Waals surface area contributed by atoms with Crippen molar-refractivity contribution in [3.8, 4) is 0 Å². The van der Waals surface area contributed by atoms with Crippen LogP contribution in [0.3, 0.4) is 0 Å². The van der Waals surface area contributed by atoms with Gasteiger partial charge in [-0.1, -0.05) is 19.9 Å². The molecule has 138 valence electrons. The number of carbonyl (C=O) groups is 2. The van der Waals surface area contributed by atoms with Crippen LogP contribution in [0, 0.1) is 18.7 Å². The summed E-state index contributed by atoms with van der Waals surface area (Å²) in [6.07, 6.45) is 0. The van der Waals surface area contributed by atoms with E-state index in [1.807, 2.05) is 29.5 Å². The van der Waals surface area contributed by atoms with Gasteiger partial charge in [0.05, 0.1) is 31.0 Å². The molecule has 0 spiro atoms. The normalized spacial score (nSPS) is 13.7. The van der Waals surface area contributed by atoms with Gasteiger partial charge in [-0.25, -0.2) is 4.39 Å². The number of hydrogen-bond donors (Lipinski definition) is 1. The second kappa shape index (κ2) is 7.27. The number of rotatable bonds is 4. The Morgan fingerprint density at radius 2 is 2.04 bits per heavy atom. The molecule has 0 atom stereocenters. The number of hydrogen-bond acceptors (Lipinski definition) is 3. The van der Waals surface area contributed by atoms with E-state index >= 15 is 0 Å². The van der Waals surface area contributed by atoms with Crippen molar-refractivity contribution in [3.63, 3.8) is 0 Å². The molecule has 26 heavy (non-hydrogen) atoms. The summed E-state index contributed by atoms with van der Waals surface area (Å²) in [5.74, 6) is -0.636. The molecule has 1 aliphatic rings. The number of halogens is 1. The Kier molecular flexibility index (Phi) is 5.06. The van der Waals surface area contributed by atoms with Crippen molar-refractivity contribution in [1.29, 1.82) is 0 Å². The number of nitrogens with zero attached hydrogens (tertiary/aromatic N) is 3. The van der Waals surface area contributed by atoms with Crippen LogP contribution in [0.4, 0.5) is 4.39 Å². The molecular formula is C19H23FN4O2. The summed E-state index contributed by atoms with van der Waals surface area (Å²) in [6, 6.07) is 6.31. The van der Waals surface area contributed by atoms with Gasteiger partial charge in [0, 0.05) is 18.0 Å². The minimum absolute atomic E-state index is 0.0295. The van der Waals surface area contributed by atoms with Crippen molar-refractivity contribution in [3.05, 3.63) is 52.6 Å². The zero-order valence-corrected chi connectivity index (χ0v) is 15.3. The van der Waals surface area contributed by atoms with Gasteiger partial charge in [-0.15, -0.1) is 0 Å². The third kappa shape index (κ3) is 3.76. The van der Waals surface area contributed by atoms with E-state index in [2.05, 4.69) is 10.4 Å². The number of amides is 2. The number of nitrogens with one attached hydrogen (secondary N) is 1. The molecule has 1 aromatic carbocycles. The highest BCUT2D eigenvalue weighted by Crippen LogP contribution is 2.16. The zero-order valence-electron chi connectivity index (χ0n) is 15.3. The Morgan fingerprint density at radius 1 is 1.27 bits per heavy atom. The van der Waals surface area contributed by atoms with E-state index < -0.39 is 5.82 Å². The fourth-order valence-electron chi connectivity index (χ4n) is 2.97. The molecule has 2 amide bonds. The van der Waals surface area contributed by atoms with E-state index in [0.717, 1.165) is 11.4 Å². The summed E-state index contributed by atoms with van der Waals surface area (Å²) in [6.45, 7) is 7.50. The van der Waals surface area contributed by atoms with Crippen LogP contribution in [0.1, 0.15) is 41.2 Å². The Morgan fingerprint density at radius 3 is 2.73 bits per heavy atom. The standard InChI is InChI=1S/C19H23FN4O2/c1-12(2)19(26)23-6-7-24-16(11-23)9-15(22-24)10-21-18(25)14-5-4-13(3)17(20)8-14/h4-5,8-9,12H,6-7,10-11H2,1-3H3,(H,21,25). The Balaban J connectivity index is 1.63. The van der Waals surface area contributed by atoms with E-state index in [-0.39, 0.29) is 29.8 Å². The molecule has 0 fully saturated rings. The summed E-state index contributed by atoms with van der Waals surface area (Å²) in [5, 5.41) is 7.24. The van der Waals surface area contributed by atoms with Crippen molar-refractivity contribution >= 4 is 11.8 Å². The first kappa shape index (κ1) is 18.1. The maximum Gasteiger partial charge on any atom is 0.251 e. The molecule has 0 unspecified atom stereocenters. The highest BCUT2D eigenvalue weighted by molar-refractivity contribution is 5.94. The number of fused-ring (bicyclic) bond motifs is 1. The maximum absolute atomic E-state index is 13.6. The Hall–Kier alpha value is -2.70. The second-order valence-electron chi connectivity index (χ2n) is 6.91. The van der Waals surface area contributed by atoms with Crippen molar-refractivity contribution in [2.24, 2.45) is 5.92 Å². The second-order valence-corrected chi connectivity index (χ2v) is 6.91. The molecule has 0 bridgehead atoms. The molecule has 2 aromatic rings. The summed E-state index contributed by atoms with van der Waals surface area (Å²) >= 11 is 0. The number of carbonyl (C=O) groups excluding carboxylic acids is 2. The van der Waals surface area contributed by atoms with Gasteiger partial charge in [-0.2, -0.15) is 5.10 Å². The lowest BCUT2D eigenvalue weighted by atomic mass is 10.1. The molecule has 1 N–H and O–H groups in total. The van der Waals surface area contributed by atoms with Crippen molar-refractivity contribution < 1.29 is 14.0 Å². The van der Waals surface area contributed by atoms with E-state index in [1.54, 1.807) is 19.1 Å². The Labute approximate surface area is 152 Å². The van der Waals surface area contributed by atoms with Crippen LogP contribution in [0.5, 0.6) is 0 Å². The van der Waals surface area contributed by atoms with Gasteiger partial charge < -0.3 is 10.2 Å². The van der Waals surface area contributed by atoms with Gasteiger partial charge in [0.15, 0.2) is 0 Å². The molecule has 0 saturated carbocycles. The van der Waals surface area contributed by atoms with Crippen molar-refractivity contribution in [2.75, 3.05) is 6.54 Å². The van der Waals surface area contributed by atoms with Crippen molar-refractivity contribution in [2.45, 2.75) is 40.4 Å². The summed E-state index contributed by atoms with van der Waals surface area (Å²) in [7, 11) is 0. The minimum Gasteiger partial charge on any atom is -0.346 e. The lowest BCUT2D eigenvalue weighted by molar-refractivity contribution is -0.136. The topological polar surface area (TPSA) is 67.2 Å². The molecule has 3 rings (SSSR count). The van der Waals surface area contributed by atoms with Gasteiger partial charge >= 0.3 is 0 Å². The molecule has 1 aliphatic heterocycles. The highest BCUT2D eigenvalue weighted by atomic mass is 19.1. The summed E-state index contributed by atoms with van der Waals surface area (Å²) in [4.78, 5) is 26.2. The predicted octanol–water partition coefficient (Wildman–Crippen LogP) is 2.26. The van der Waals surface area contributed by atoms with Gasteiger partial charge in [0.25, 0.3) is 5.91 Å². The lowest BCUT2D eigenvalue weighted by Gasteiger charge is -2.29. The third-order valence-corrected chi connectivity index (χ3v) is 4.52. The molecule has 7 heteroatoms. The average molecular weight is 358 g/mol. The number of aromatic nitrogens is 2. The monoisotopic (exact) mass is 358 g/mol. The fourth-order valence-corrected chi connectivity index (χ4v) is 2.97. The van der Waals surface area contributed by atoms with Gasteiger partial charge in [-0.3, -0.25) is 14.3 Å². The molecule has 0 saturated heterocycles. The summed E-state index contributed by atoms with van der Waals surface area (Å²) < 4.78 is 15.5. The first-order valence-electron chi connectivity index (χ1n) is 8.74.